The van der Waals surface area contributed by atoms with Crippen LogP contribution in [0.4, 0.5) is 11.5 Å². The molecule has 12 nitrogen and oxygen atoms in total. The topological polar surface area (TPSA) is 139 Å². The number of carbonyl (C=O) groups excluding carboxylic acids is 2. The van der Waals surface area contributed by atoms with Gasteiger partial charge in [0.15, 0.2) is 0 Å². The third-order valence-electron chi connectivity index (χ3n) is 6.97. The molecule has 0 bridgehead atoms. The molecule has 1 aliphatic rings. The summed E-state index contributed by atoms with van der Waals surface area (Å²) >= 11 is 0. The molecule has 208 valence electrons. The molecule has 1 aromatic carbocycles. The maximum atomic E-state index is 13.9. The highest BCUT2D eigenvalue weighted by Gasteiger charge is 2.45. The lowest BCUT2D eigenvalue weighted by atomic mass is 9.85. The molecule has 12 heteroatoms. The highest BCUT2D eigenvalue weighted by Crippen LogP contribution is 2.36. The second kappa shape index (κ2) is 11.0. The SMILES string of the molecule is CNC(=O)[C@@H]1C[C@@H](O)CN1C(=O)[C@@H](n1cc(-c2cc(N(C)c3ccnc(OC)n3)ccc2C)nn1)C(C)(C)C. The third kappa shape index (κ3) is 5.70. The van der Waals surface area contributed by atoms with Gasteiger partial charge in [-0.15, -0.1) is 5.10 Å². The molecule has 0 saturated carbocycles. The van der Waals surface area contributed by atoms with E-state index in [0.717, 1.165) is 16.8 Å². The quantitative estimate of drug-likeness (QED) is 0.465. The first-order valence-electron chi connectivity index (χ1n) is 12.8. The number of hydrogen-bond acceptors (Lipinski definition) is 9. The van der Waals surface area contributed by atoms with Crippen LogP contribution >= 0.6 is 0 Å². The van der Waals surface area contributed by atoms with E-state index in [4.69, 9.17) is 4.74 Å². The van der Waals surface area contributed by atoms with Gasteiger partial charge in [-0.1, -0.05) is 32.1 Å². The number of likely N-dealkylation sites (N-methyl/N-ethyl adjacent to an activating group) is 1. The van der Waals surface area contributed by atoms with Crippen LogP contribution in [-0.4, -0.2) is 86.7 Å². The molecular formula is C27H36N8O4. The molecule has 4 rings (SSSR count). The number of aliphatic hydroxyl groups is 1. The van der Waals surface area contributed by atoms with E-state index >= 15 is 0 Å². The summed E-state index contributed by atoms with van der Waals surface area (Å²) in [5, 5.41) is 21.6. The first-order valence-corrected chi connectivity index (χ1v) is 12.8. The van der Waals surface area contributed by atoms with Crippen LogP contribution in [0.5, 0.6) is 6.01 Å². The summed E-state index contributed by atoms with van der Waals surface area (Å²) in [5.74, 6) is 0.0777. The lowest BCUT2D eigenvalue weighted by Crippen LogP contribution is -2.49. The number of likely N-dealkylation sites (tertiary alicyclic amines) is 1. The van der Waals surface area contributed by atoms with E-state index in [-0.39, 0.29) is 30.8 Å². The molecule has 3 aromatic rings. The minimum absolute atomic E-state index is 0.0897. The molecule has 1 aliphatic heterocycles. The number of anilines is 2. The number of aliphatic hydroxyl groups excluding tert-OH is 1. The Hall–Kier alpha value is -4.06. The van der Waals surface area contributed by atoms with Crippen LogP contribution in [0.15, 0.2) is 36.7 Å². The number of aryl methyl sites for hydroxylation is 1. The molecule has 39 heavy (non-hydrogen) atoms. The van der Waals surface area contributed by atoms with Gasteiger partial charge < -0.3 is 25.0 Å². The molecular weight excluding hydrogens is 500 g/mol. The summed E-state index contributed by atoms with van der Waals surface area (Å²) in [4.78, 5) is 38.2. The summed E-state index contributed by atoms with van der Waals surface area (Å²) in [6.45, 7) is 7.89. The van der Waals surface area contributed by atoms with Crippen molar-refractivity contribution in [2.45, 2.75) is 52.3 Å². The van der Waals surface area contributed by atoms with E-state index < -0.39 is 23.6 Å². The van der Waals surface area contributed by atoms with E-state index in [9.17, 15) is 14.7 Å². The van der Waals surface area contributed by atoms with Gasteiger partial charge in [-0.05, 0) is 36.1 Å². The Bertz CT molecular complexity index is 1350. The third-order valence-corrected chi connectivity index (χ3v) is 6.97. The highest BCUT2D eigenvalue weighted by molar-refractivity contribution is 5.90. The first-order chi connectivity index (χ1) is 18.4. The Morgan fingerprint density at radius 1 is 1.26 bits per heavy atom. The van der Waals surface area contributed by atoms with Crippen LogP contribution in [0.1, 0.15) is 38.8 Å². The smallest absolute Gasteiger partial charge is 0.318 e. The zero-order chi connectivity index (χ0) is 28.5. The summed E-state index contributed by atoms with van der Waals surface area (Å²) in [5.41, 5.74) is 2.77. The van der Waals surface area contributed by atoms with Gasteiger partial charge in [0.1, 0.15) is 23.6 Å². The van der Waals surface area contributed by atoms with E-state index in [2.05, 4.69) is 25.6 Å². The lowest BCUT2D eigenvalue weighted by molar-refractivity contribution is -0.144. The first kappa shape index (κ1) is 28.0. The molecule has 3 heterocycles. The van der Waals surface area contributed by atoms with Crippen molar-refractivity contribution in [2.24, 2.45) is 5.41 Å². The molecule has 2 N–H and O–H groups in total. The summed E-state index contributed by atoms with van der Waals surface area (Å²) in [6.07, 6.45) is 2.83. The zero-order valence-electron chi connectivity index (χ0n) is 23.4. The molecule has 3 atom stereocenters. The molecule has 0 spiro atoms. The fourth-order valence-electron chi connectivity index (χ4n) is 4.88. The van der Waals surface area contributed by atoms with Crippen molar-refractivity contribution in [3.05, 3.63) is 42.2 Å². The maximum Gasteiger partial charge on any atom is 0.318 e. The van der Waals surface area contributed by atoms with Gasteiger partial charge in [0.25, 0.3) is 0 Å². The normalized spacial score (nSPS) is 18.1. The van der Waals surface area contributed by atoms with E-state index in [1.807, 2.05) is 57.8 Å². The van der Waals surface area contributed by atoms with Crippen LogP contribution in [0, 0.1) is 12.3 Å². The van der Waals surface area contributed by atoms with E-state index in [1.54, 1.807) is 23.1 Å². The number of amides is 2. The Kier molecular flexibility index (Phi) is 7.86. The van der Waals surface area contributed by atoms with Crippen LogP contribution in [0.2, 0.25) is 0 Å². The number of carbonyl (C=O) groups is 2. The van der Waals surface area contributed by atoms with Gasteiger partial charge in [0.2, 0.25) is 11.8 Å². The van der Waals surface area contributed by atoms with E-state index in [0.29, 0.717) is 11.5 Å². The number of benzene rings is 1. The average Bonchev–Trinajstić information content (AvgIpc) is 3.54. The minimum Gasteiger partial charge on any atom is -0.467 e. The van der Waals surface area contributed by atoms with Crippen molar-refractivity contribution < 1.29 is 19.4 Å². The van der Waals surface area contributed by atoms with Gasteiger partial charge in [-0.2, -0.15) is 4.98 Å². The number of methoxy groups -OCH3 is 1. The van der Waals surface area contributed by atoms with Gasteiger partial charge in [-0.25, -0.2) is 9.67 Å². The fraction of sp³-hybridized carbons (Fsp3) is 0.481. The van der Waals surface area contributed by atoms with Crippen molar-refractivity contribution in [1.29, 1.82) is 0 Å². The van der Waals surface area contributed by atoms with Gasteiger partial charge in [0, 0.05) is 44.5 Å². The average molecular weight is 537 g/mol. The van der Waals surface area contributed by atoms with Crippen molar-refractivity contribution in [1.82, 2.24) is 35.2 Å². The Morgan fingerprint density at radius 3 is 2.67 bits per heavy atom. The van der Waals surface area contributed by atoms with Gasteiger partial charge in [0.05, 0.1) is 19.4 Å². The predicted octanol–water partition coefficient (Wildman–Crippen LogP) is 2.12. The highest BCUT2D eigenvalue weighted by atomic mass is 16.5. The molecule has 0 aliphatic carbocycles. The predicted molar refractivity (Wildman–Crippen MR) is 146 cm³/mol. The lowest BCUT2D eigenvalue weighted by Gasteiger charge is -2.34. The second-order valence-electron chi connectivity index (χ2n) is 10.8. The Morgan fingerprint density at radius 2 is 2.00 bits per heavy atom. The van der Waals surface area contributed by atoms with Gasteiger partial charge in [-0.3, -0.25) is 9.59 Å². The number of β-amino-alcohol motifs (C(OH)–C–C–N with tert-alkyl or cyclic N) is 1. The fourth-order valence-corrected chi connectivity index (χ4v) is 4.88. The van der Waals surface area contributed by atoms with E-state index in [1.165, 1.54) is 19.1 Å². The number of aromatic nitrogens is 5. The molecule has 0 unspecified atom stereocenters. The Balaban J connectivity index is 1.67. The number of nitrogens with zero attached hydrogens (tertiary/aromatic N) is 7. The number of nitrogens with one attached hydrogen (secondary N) is 1. The zero-order valence-corrected chi connectivity index (χ0v) is 23.4. The van der Waals surface area contributed by atoms with Crippen LogP contribution in [0.25, 0.3) is 11.3 Å². The summed E-state index contributed by atoms with van der Waals surface area (Å²) in [6, 6.07) is 6.55. The van der Waals surface area contributed by atoms with Crippen molar-refractivity contribution in [3.8, 4) is 17.3 Å². The van der Waals surface area contributed by atoms with Crippen LogP contribution in [0.3, 0.4) is 0 Å². The molecule has 2 aromatic heterocycles. The standard InChI is InChI=1S/C27H36N8O4/c1-16-8-9-17(33(6)22-10-11-29-26(30-22)39-7)12-19(16)20-15-35(32-31-20)23(27(2,3)4)25(38)34-14-18(36)13-21(34)24(37)28-5/h8-12,15,18,21,23,36H,13-14H2,1-7H3,(H,28,37)/t18-,21+,23-/m1/s1. The van der Waals surface area contributed by atoms with Gasteiger partial charge >= 0.3 is 6.01 Å². The van der Waals surface area contributed by atoms with Crippen molar-refractivity contribution in [3.63, 3.8) is 0 Å². The molecule has 1 fully saturated rings. The molecule has 0 radical (unpaired) electrons. The number of ether oxygens (including phenoxy) is 1. The van der Waals surface area contributed by atoms with Crippen molar-refractivity contribution in [2.75, 3.05) is 32.6 Å². The van der Waals surface area contributed by atoms with Crippen molar-refractivity contribution >= 4 is 23.3 Å². The number of hydrogen-bond donors (Lipinski definition) is 2. The largest absolute Gasteiger partial charge is 0.467 e. The van der Waals surface area contributed by atoms with Crippen LogP contribution < -0.4 is 15.0 Å². The Labute approximate surface area is 228 Å². The second-order valence-corrected chi connectivity index (χ2v) is 10.8. The summed E-state index contributed by atoms with van der Waals surface area (Å²) < 4.78 is 6.72. The minimum atomic E-state index is -0.764. The molecule has 1 saturated heterocycles. The maximum absolute atomic E-state index is 13.9. The monoisotopic (exact) mass is 536 g/mol. The molecule has 2 amide bonds. The number of rotatable bonds is 7. The van der Waals surface area contributed by atoms with Crippen LogP contribution in [-0.2, 0) is 9.59 Å². The summed E-state index contributed by atoms with van der Waals surface area (Å²) in [7, 11) is 4.94.